The van der Waals surface area contributed by atoms with Crippen LogP contribution in [-0.4, -0.2) is 48.6 Å². The van der Waals surface area contributed by atoms with Gasteiger partial charge in [0, 0.05) is 55.4 Å². The number of aromatic nitrogens is 5. The Morgan fingerprint density at radius 1 is 1.29 bits per heavy atom. The highest BCUT2D eigenvalue weighted by molar-refractivity contribution is 5.91. The van der Waals surface area contributed by atoms with Crippen molar-refractivity contribution in [3.8, 4) is 0 Å². The Morgan fingerprint density at radius 3 is 3.00 bits per heavy atom. The van der Waals surface area contributed by atoms with E-state index in [-0.39, 0.29) is 5.91 Å². The van der Waals surface area contributed by atoms with Crippen LogP contribution in [0.15, 0.2) is 49.1 Å². The second kappa shape index (κ2) is 9.51. The van der Waals surface area contributed by atoms with Crippen LogP contribution in [0.2, 0.25) is 0 Å². The van der Waals surface area contributed by atoms with Crippen molar-refractivity contribution in [3.05, 3.63) is 66.0 Å². The van der Waals surface area contributed by atoms with Gasteiger partial charge in [-0.1, -0.05) is 6.07 Å². The van der Waals surface area contributed by atoms with E-state index in [0.717, 1.165) is 60.9 Å². The number of aryl methyl sites for hydroxylation is 2. The number of nitrogens with one attached hydrogen (secondary N) is 1. The van der Waals surface area contributed by atoms with Crippen molar-refractivity contribution >= 4 is 23.6 Å². The zero-order valence-electron chi connectivity index (χ0n) is 17.9. The van der Waals surface area contributed by atoms with Gasteiger partial charge in [0.25, 0.3) is 0 Å². The van der Waals surface area contributed by atoms with Crippen molar-refractivity contribution in [2.45, 2.75) is 26.2 Å². The largest absolute Gasteiger partial charge is 0.339 e. The monoisotopic (exact) mass is 417 g/mol. The van der Waals surface area contributed by atoms with Gasteiger partial charge < -0.3 is 10.2 Å². The van der Waals surface area contributed by atoms with E-state index in [2.05, 4.69) is 25.4 Å². The van der Waals surface area contributed by atoms with Crippen LogP contribution < -0.4 is 5.32 Å². The molecule has 1 fully saturated rings. The number of carbonyl (C=O) groups excluding carboxylic acids is 1. The summed E-state index contributed by atoms with van der Waals surface area (Å²) in [7, 11) is 1.86. The standard InChI is InChI=1S/C23H27N7O/c1-17-5-3-7-21(27-17)28-22-12-20(24-16-25-22)11-18-6-4-10-30(15-18)23(31)9-8-19-13-26-29(2)14-19/h3,5,7-9,12-14,16,18H,4,6,10-11,15H2,1-2H3,(H,24,25,27,28). The molecule has 1 amide bonds. The minimum absolute atomic E-state index is 0.0455. The first-order valence-electron chi connectivity index (χ1n) is 10.5. The molecule has 0 bridgehead atoms. The lowest BCUT2D eigenvalue weighted by Crippen LogP contribution is -2.39. The second-order valence-electron chi connectivity index (χ2n) is 7.96. The SMILES string of the molecule is Cc1cccc(Nc2cc(CC3CCCN(C(=O)C=Cc4cnn(C)c4)C3)ncn2)n1. The van der Waals surface area contributed by atoms with Crippen molar-refractivity contribution in [2.75, 3.05) is 18.4 Å². The number of piperidine rings is 1. The van der Waals surface area contributed by atoms with Gasteiger partial charge in [0.05, 0.1) is 6.20 Å². The zero-order valence-corrected chi connectivity index (χ0v) is 17.9. The Balaban J connectivity index is 1.36. The van der Waals surface area contributed by atoms with Crippen LogP contribution in [-0.2, 0) is 18.3 Å². The Labute approximate surface area is 182 Å². The molecule has 0 aliphatic carbocycles. The molecule has 8 nitrogen and oxygen atoms in total. The fourth-order valence-corrected chi connectivity index (χ4v) is 3.85. The average molecular weight is 418 g/mol. The van der Waals surface area contributed by atoms with E-state index < -0.39 is 0 Å². The first-order chi connectivity index (χ1) is 15.0. The van der Waals surface area contributed by atoms with Crippen LogP contribution >= 0.6 is 0 Å². The maximum Gasteiger partial charge on any atom is 0.246 e. The van der Waals surface area contributed by atoms with Crippen LogP contribution in [0.1, 0.15) is 29.8 Å². The maximum absolute atomic E-state index is 12.6. The molecule has 8 heteroatoms. The lowest BCUT2D eigenvalue weighted by molar-refractivity contribution is -0.127. The highest BCUT2D eigenvalue weighted by Gasteiger charge is 2.23. The first-order valence-corrected chi connectivity index (χ1v) is 10.5. The van der Waals surface area contributed by atoms with Gasteiger partial charge in [0.1, 0.15) is 18.0 Å². The van der Waals surface area contributed by atoms with Gasteiger partial charge in [-0.2, -0.15) is 5.10 Å². The summed E-state index contributed by atoms with van der Waals surface area (Å²) in [5.74, 6) is 1.92. The van der Waals surface area contributed by atoms with Gasteiger partial charge in [-0.3, -0.25) is 9.48 Å². The molecule has 1 saturated heterocycles. The highest BCUT2D eigenvalue weighted by Crippen LogP contribution is 2.22. The third kappa shape index (κ3) is 5.75. The number of carbonyl (C=O) groups is 1. The van der Waals surface area contributed by atoms with Gasteiger partial charge in [0.15, 0.2) is 0 Å². The Hall–Kier alpha value is -3.55. The molecule has 0 aromatic carbocycles. The van der Waals surface area contributed by atoms with Crippen molar-refractivity contribution in [3.63, 3.8) is 0 Å². The number of amides is 1. The Morgan fingerprint density at radius 2 is 2.19 bits per heavy atom. The summed E-state index contributed by atoms with van der Waals surface area (Å²) in [6, 6.07) is 7.80. The van der Waals surface area contributed by atoms with E-state index in [4.69, 9.17) is 0 Å². The molecule has 1 N–H and O–H groups in total. The van der Waals surface area contributed by atoms with Gasteiger partial charge in [-0.05, 0) is 50.3 Å². The van der Waals surface area contributed by atoms with Crippen LogP contribution in [0.25, 0.3) is 6.08 Å². The molecule has 0 radical (unpaired) electrons. The third-order valence-corrected chi connectivity index (χ3v) is 5.34. The first kappa shape index (κ1) is 20.7. The summed E-state index contributed by atoms with van der Waals surface area (Å²) in [4.78, 5) is 27.8. The van der Waals surface area contributed by atoms with E-state index in [1.165, 1.54) is 0 Å². The lowest BCUT2D eigenvalue weighted by atomic mass is 9.93. The molecule has 0 spiro atoms. The van der Waals surface area contributed by atoms with Gasteiger partial charge in [-0.15, -0.1) is 0 Å². The van der Waals surface area contributed by atoms with Gasteiger partial charge >= 0.3 is 0 Å². The Kier molecular flexibility index (Phi) is 6.35. The quantitative estimate of drug-likeness (QED) is 0.620. The Bertz CT molecular complexity index is 1080. The molecule has 1 aliphatic heterocycles. The summed E-state index contributed by atoms with van der Waals surface area (Å²) in [6.45, 7) is 3.49. The van der Waals surface area contributed by atoms with Crippen molar-refractivity contribution < 1.29 is 4.79 Å². The number of pyridine rings is 1. The van der Waals surface area contributed by atoms with Gasteiger partial charge in [0.2, 0.25) is 5.91 Å². The summed E-state index contributed by atoms with van der Waals surface area (Å²) >= 11 is 0. The molecule has 31 heavy (non-hydrogen) atoms. The fraction of sp³-hybridized carbons (Fsp3) is 0.348. The normalized spacial score (nSPS) is 16.6. The predicted molar refractivity (Wildman–Crippen MR) is 120 cm³/mol. The molecule has 1 atom stereocenters. The minimum atomic E-state index is 0.0455. The van der Waals surface area contributed by atoms with Crippen LogP contribution in [0, 0.1) is 12.8 Å². The fourth-order valence-electron chi connectivity index (χ4n) is 3.85. The molecular weight excluding hydrogens is 390 g/mol. The molecule has 3 aromatic heterocycles. The summed E-state index contributed by atoms with van der Waals surface area (Å²) in [5, 5.41) is 7.36. The van der Waals surface area contributed by atoms with Gasteiger partial charge in [-0.25, -0.2) is 15.0 Å². The van der Waals surface area contributed by atoms with Crippen molar-refractivity contribution in [1.29, 1.82) is 0 Å². The van der Waals surface area contributed by atoms with E-state index in [9.17, 15) is 4.79 Å². The number of hydrogen-bond donors (Lipinski definition) is 1. The summed E-state index contributed by atoms with van der Waals surface area (Å²) in [6.07, 6.45) is 11.6. The average Bonchev–Trinajstić information content (AvgIpc) is 3.18. The highest BCUT2D eigenvalue weighted by atomic mass is 16.2. The topological polar surface area (TPSA) is 88.8 Å². The number of anilines is 2. The number of nitrogens with zero attached hydrogens (tertiary/aromatic N) is 6. The minimum Gasteiger partial charge on any atom is -0.339 e. The molecule has 4 heterocycles. The smallest absolute Gasteiger partial charge is 0.246 e. The van der Waals surface area contributed by atoms with Crippen LogP contribution in [0.3, 0.4) is 0 Å². The lowest BCUT2D eigenvalue weighted by Gasteiger charge is -2.32. The van der Waals surface area contributed by atoms with Crippen molar-refractivity contribution in [1.82, 2.24) is 29.6 Å². The summed E-state index contributed by atoms with van der Waals surface area (Å²) < 4.78 is 1.72. The third-order valence-electron chi connectivity index (χ3n) is 5.34. The molecule has 3 aromatic rings. The second-order valence-corrected chi connectivity index (χ2v) is 7.96. The number of likely N-dealkylation sites (tertiary alicyclic amines) is 1. The van der Waals surface area contributed by atoms with Crippen molar-refractivity contribution in [2.24, 2.45) is 13.0 Å². The van der Waals surface area contributed by atoms with E-state index in [0.29, 0.717) is 5.92 Å². The number of hydrogen-bond acceptors (Lipinski definition) is 6. The molecule has 4 rings (SSSR count). The number of rotatable bonds is 6. The molecule has 1 unspecified atom stereocenters. The molecule has 160 valence electrons. The van der Waals surface area contributed by atoms with E-state index in [1.807, 2.05) is 55.4 Å². The zero-order chi connectivity index (χ0) is 21.6. The molecular formula is C23H27N7O. The molecule has 0 saturated carbocycles. The van der Waals surface area contributed by atoms with E-state index in [1.54, 1.807) is 23.3 Å². The maximum atomic E-state index is 12.6. The van der Waals surface area contributed by atoms with E-state index >= 15 is 0 Å². The van der Waals surface area contributed by atoms with Crippen LogP contribution in [0.5, 0.6) is 0 Å². The molecule has 1 aliphatic rings. The summed E-state index contributed by atoms with van der Waals surface area (Å²) in [5.41, 5.74) is 2.84. The van der Waals surface area contributed by atoms with Crippen LogP contribution in [0.4, 0.5) is 11.6 Å². The predicted octanol–water partition coefficient (Wildman–Crippen LogP) is 3.15.